The third-order valence-electron chi connectivity index (χ3n) is 4.64. The number of ether oxygens (including phenoxy) is 1. The van der Waals surface area contributed by atoms with Gasteiger partial charge in [0, 0.05) is 16.5 Å². The van der Waals surface area contributed by atoms with E-state index in [0.717, 1.165) is 27.5 Å². The smallest absolute Gasteiger partial charge is 0.240 e. The van der Waals surface area contributed by atoms with Gasteiger partial charge in [-0.3, -0.25) is 4.79 Å². The van der Waals surface area contributed by atoms with Crippen molar-refractivity contribution in [3.8, 4) is 11.8 Å². The number of nitriles is 1. The summed E-state index contributed by atoms with van der Waals surface area (Å²) in [5, 5.41) is 12.6. The number of nitrogens with zero attached hydrogens (tertiary/aromatic N) is 2. The van der Waals surface area contributed by atoms with E-state index < -0.39 is 0 Å². The molecule has 31 heavy (non-hydrogen) atoms. The average Bonchev–Trinajstić information content (AvgIpc) is 2.80. The molecule has 0 atom stereocenters. The molecule has 0 saturated carbocycles. The molecule has 158 valence electrons. The lowest BCUT2D eigenvalue weighted by atomic mass is 10.2. The molecule has 0 heterocycles. The molecule has 1 N–H and O–H groups in total. The average molecular weight is 452 g/mol. The van der Waals surface area contributed by atoms with Gasteiger partial charge in [-0.1, -0.05) is 29.8 Å². The van der Waals surface area contributed by atoms with Crippen LogP contribution in [-0.2, 0) is 11.3 Å². The number of carbonyl (C=O) groups excluding carboxylic acids is 1. The van der Waals surface area contributed by atoms with Crippen LogP contribution < -0.4 is 14.4 Å². The normalized spacial score (nSPS) is 10.3. The van der Waals surface area contributed by atoms with Crippen LogP contribution in [-0.4, -0.2) is 19.6 Å². The predicted octanol–water partition coefficient (Wildman–Crippen LogP) is 5.36. The molecule has 0 aromatic heterocycles. The van der Waals surface area contributed by atoms with E-state index in [2.05, 4.69) is 11.4 Å². The number of anilines is 1. The van der Waals surface area contributed by atoms with Crippen LogP contribution in [0.1, 0.15) is 16.7 Å². The quantitative estimate of drug-likeness (QED) is 0.467. The molecule has 0 spiro atoms. The predicted molar refractivity (Wildman–Crippen MR) is 125 cm³/mol. The summed E-state index contributed by atoms with van der Waals surface area (Å²) in [4.78, 5) is 13.7. The van der Waals surface area contributed by atoms with Gasteiger partial charge in [-0.05, 0) is 78.5 Å². The van der Waals surface area contributed by atoms with E-state index in [1.54, 1.807) is 19.2 Å². The first kappa shape index (κ1) is 22.5. The van der Waals surface area contributed by atoms with E-state index in [9.17, 15) is 4.79 Å². The Hall–Kier alpha value is -3.14. The van der Waals surface area contributed by atoms with E-state index in [1.165, 1.54) is 11.9 Å². The molecule has 0 saturated heterocycles. The topological polar surface area (TPSA) is 65.4 Å². The van der Waals surface area contributed by atoms with Crippen LogP contribution in [0, 0.1) is 18.3 Å². The van der Waals surface area contributed by atoms with E-state index in [4.69, 9.17) is 21.6 Å². The maximum atomic E-state index is 12.7. The van der Waals surface area contributed by atoms with Gasteiger partial charge in [0.2, 0.25) is 5.91 Å². The van der Waals surface area contributed by atoms with Gasteiger partial charge in [-0.15, -0.1) is 0 Å². The maximum Gasteiger partial charge on any atom is 0.240 e. The third-order valence-corrected chi connectivity index (χ3v) is 6.08. The standard InChI is InChI=1S/C24H22ClN3O2S/c1-17-22(25)4-3-5-23(17)28(31-21-12-8-18(14-26)9-13-21)16-24(29)27-15-19-6-10-20(30-2)11-7-19/h3-13H,15-16H2,1-2H3,(H,27,29). The molecule has 0 bridgehead atoms. The van der Waals surface area contributed by atoms with E-state index in [0.29, 0.717) is 17.1 Å². The van der Waals surface area contributed by atoms with Crippen molar-refractivity contribution in [1.82, 2.24) is 5.32 Å². The fraction of sp³-hybridized carbons (Fsp3) is 0.167. The van der Waals surface area contributed by atoms with E-state index in [1.807, 2.05) is 65.8 Å². The number of rotatable bonds is 8. The Morgan fingerprint density at radius 2 is 1.84 bits per heavy atom. The highest BCUT2D eigenvalue weighted by atomic mass is 35.5. The number of benzene rings is 3. The van der Waals surface area contributed by atoms with Crippen LogP contribution in [0.2, 0.25) is 5.02 Å². The van der Waals surface area contributed by atoms with Gasteiger partial charge < -0.3 is 14.4 Å². The zero-order valence-electron chi connectivity index (χ0n) is 17.3. The molecule has 0 fully saturated rings. The number of amides is 1. The lowest BCUT2D eigenvalue weighted by molar-refractivity contribution is -0.119. The lowest BCUT2D eigenvalue weighted by Crippen LogP contribution is -2.33. The highest BCUT2D eigenvalue weighted by Gasteiger charge is 2.17. The Balaban J connectivity index is 1.74. The number of carbonyl (C=O) groups is 1. The Bertz CT molecular complexity index is 1080. The minimum atomic E-state index is -0.115. The number of hydrogen-bond acceptors (Lipinski definition) is 5. The van der Waals surface area contributed by atoms with Gasteiger partial charge in [-0.2, -0.15) is 5.26 Å². The summed E-state index contributed by atoms with van der Waals surface area (Å²) >= 11 is 7.75. The molecule has 0 aliphatic heterocycles. The Labute approximate surface area is 191 Å². The number of methoxy groups -OCH3 is 1. The largest absolute Gasteiger partial charge is 0.497 e. The van der Waals surface area contributed by atoms with Crippen LogP contribution in [0.25, 0.3) is 0 Å². The lowest BCUT2D eigenvalue weighted by Gasteiger charge is -2.25. The van der Waals surface area contributed by atoms with Crippen molar-refractivity contribution in [2.75, 3.05) is 18.0 Å². The van der Waals surface area contributed by atoms with Gasteiger partial charge in [0.15, 0.2) is 0 Å². The Morgan fingerprint density at radius 3 is 2.48 bits per heavy atom. The first-order valence-electron chi connectivity index (χ1n) is 9.60. The summed E-state index contributed by atoms with van der Waals surface area (Å²) in [7, 11) is 1.62. The highest BCUT2D eigenvalue weighted by molar-refractivity contribution is 8.00. The second-order valence-electron chi connectivity index (χ2n) is 6.77. The number of halogens is 1. The zero-order chi connectivity index (χ0) is 22.2. The third kappa shape index (κ3) is 6.17. The molecule has 0 aliphatic rings. The zero-order valence-corrected chi connectivity index (χ0v) is 18.8. The summed E-state index contributed by atoms with van der Waals surface area (Å²) < 4.78 is 7.07. The van der Waals surface area contributed by atoms with Crippen molar-refractivity contribution in [2.24, 2.45) is 0 Å². The molecule has 1 amide bonds. The second kappa shape index (κ2) is 10.8. The SMILES string of the molecule is COc1ccc(CNC(=O)CN(Sc2ccc(C#N)cc2)c2cccc(Cl)c2C)cc1. The van der Waals surface area contributed by atoms with Crippen molar-refractivity contribution >= 4 is 35.1 Å². The van der Waals surface area contributed by atoms with Gasteiger partial charge in [0.05, 0.1) is 24.4 Å². The fourth-order valence-corrected chi connectivity index (χ4v) is 4.04. The van der Waals surface area contributed by atoms with Crippen LogP contribution in [0.5, 0.6) is 5.75 Å². The van der Waals surface area contributed by atoms with Crippen LogP contribution in [0.4, 0.5) is 5.69 Å². The molecule has 7 heteroatoms. The minimum Gasteiger partial charge on any atom is -0.497 e. The molecular weight excluding hydrogens is 430 g/mol. The van der Waals surface area contributed by atoms with Crippen molar-refractivity contribution < 1.29 is 9.53 Å². The fourth-order valence-electron chi connectivity index (χ4n) is 2.88. The van der Waals surface area contributed by atoms with Crippen molar-refractivity contribution in [3.63, 3.8) is 0 Å². The van der Waals surface area contributed by atoms with Crippen molar-refractivity contribution in [1.29, 1.82) is 5.26 Å². The summed E-state index contributed by atoms with van der Waals surface area (Å²) in [6.07, 6.45) is 0. The van der Waals surface area contributed by atoms with Gasteiger partial charge >= 0.3 is 0 Å². The molecule has 3 aromatic carbocycles. The second-order valence-corrected chi connectivity index (χ2v) is 8.27. The number of nitrogens with one attached hydrogen (secondary N) is 1. The number of hydrogen-bond donors (Lipinski definition) is 1. The molecule has 5 nitrogen and oxygen atoms in total. The van der Waals surface area contributed by atoms with Gasteiger partial charge in [0.25, 0.3) is 0 Å². The summed E-state index contributed by atoms with van der Waals surface area (Å²) in [6, 6.07) is 22.6. The monoisotopic (exact) mass is 451 g/mol. The van der Waals surface area contributed by atoms with Crippen LogP contribution in [0.3, 0.4) is 0 Å². The molecule has 0 aliphatic carbocycles. The molecule has 3 rings (SSSR count). The first-order chi connectivity index (χ1) is 15.0. The summed E-state index contributed by atoms with van der Waals surface area (Å²) in [5.41, 5.74) is 3.33. The van der Waals surface area contributed by atoms with Gasteiger partial charge in [0.1, 0.15) is 12.3 Å². The molecular formula is C24H22ClN3O2S. The molecule has 3 aromatic rings. The minimum absolute atomic E-state index is 0.115. The van der Waals surface area contributed by atoms with Crippen molar-refractivity contribution in [3.05, 3.63) is 88.4 Å². The van der Waals surface area contributed by atoms with Crippen LogP contribution >= 0.6 is 23.5 Å². The van der Waals surface area contributed by atoms with Crippen LogP contribution in [0.15, 0.2) is 71.6 Å². The van der Waals surface area contributed by atoms with Gasteiger partial charge in [-0.25, -0.2) is 0 Å². The Morgan fingerprint density at radius 1 is 1.13 bits per heavy atom. The van der Waals surface area contributed by atoms with E-state index >= 15 is 0 Å². The summed E-state index contributed by atoms with van der Waals surface area (Å²) in [5.74, 6) is 0.660. The first-order valence-corrected chi connectivity index (χ1v) is 10.8. The highest BCUT2D eigenvalue weighted by Crippen LogP contribution is 2.34. The molecule has 0 unspecified atom stereocenters. The van der Waals surface area contributed by atoms with E-state index in [-0.39, 0.29) is 12.5 Å². The summed E-state index contributed by atoms with van der Waals surface area (Å²) in [6.45, 7) is 2.49. The Kier molecular flexibility index (Phi) is 7.82. The van der Waals surface area contributed by atoms with Crippen molar-refractivity contribution in [2.45, 2.75) is 18.4 Å². The molecule has 0 radical (unpaired) electrons. The maximum absolute atomic E-state index is 12.7.